The highest BCUT2D eigenvalue weighted by Crippen LogP contribution is 2.23. The number of esters is 1. The number of aromatic hydroxyl groups is 1. The van der Waals surface area contributed by atoms with Crippen LogP contribution in [0.15, 0.2) is 29.4 Å². The number of anilines is 1. The minimum Gasteiger partial charge on any atom is -0.508 e. The molecule has 0 fully saturated rings. The molecule has 0 atom stereocenters. The van der Waals surface area contributed by atoms with Crippen molar-refractivity contribution in [3.8, 4) is 5.75 Å². The molecule has 1 heterocycles. The maximum absolute atomic E-state index is 11.7. The van der Waals surface area contributed by atoms with Gasteiger partial charge < -0.3 is 9.84 Å². The van der Waals surface area contributed by atoms with Crippen molar-refractivity contribution < 1.29 is 14.6 Å². The van der Waals surface area contributed by atoms with Crippen molar-refractivity contribution in [2.45, 2.75) is 13.8 Å². The Labute approximate surface area is 138 Å². The number of carbonyl (C=O) groups excluding carboxylic acids is 1. The zero-order chi connectivity index (χ0) is 15.2. The third kappa shape index (κ3) is 4.71. The maximum Gasteiger partial charge on any atom is 0.350 e. The van der Waals surface area contributed by atoms with Gasteiger partial charge >= 0.3 is 5.97 Å². The molecule has 2 N–H and O–H groups in total. The first-order valence-corrected chi connectivity index (χ1v) is 7.14. The van der Waals surface area contributed by atoms with E-state index >= 15 is 0 Å². The number of phenolic OH excluding ortho intramolecular Hbond substituents is 1. The van der Waals surface area contributed by atoms with Crippen molar-refractivity contribution in [3.63, 3.8) is 0 Å². The fourth-order valence-corrected chi connectivity index (χ4v) is 2.36. The Morgan fingerprint density at radius 1 is 1.45 bits per heavy atom. The van der Waals surface area contributed by atoms with E-state index < -0.39 is 0 Å². The van der Waals surface area contributed by atoms with Crippen LogP contribution in [0.4, 0.5) is 5.13 Å². The molecule has 0 radical (unpaired) electrons. The Hall–Kier alpha value is -2.12. The molecule has 2 rings (SSSR count). The molecule has 0 spiro atoms. The molecule has 22 heavy (non-hydrogen) atoms. The number of halogens is 1. The average Bonchev–Trinajstić information content (AvgIpc) is 2.82. The van der Waals surface area contributed by atoms with Gasteiger partial charge in [-0.1, -0.05) is 11.3 Å². The van der Waals surface area contributed by atoms with Crippen LogP contribution < -0.4 is 5.43 Å². The summed E-state index contributed by atoms with van der Waals surface area (Å²) in [5.74, 6) is -0.169. The molecular weight excluding hydrogens is 326 g/mol. The number of carbonyl (C=O) groups is 1. The van der Waals surface area contributed by atoms with E-state index in [1.54, 1.807) is 44.3 Å². The predicted molar refractivity (Wildman–Crippen MR) is 89.4 cm³/mol. The molecule has 0 unspecified atom stereocenters. The van der Waals surface area contributed by atoms with Gasteiger partial charge in [0.05, 0.1) is 18.5 Å². The SMILES string of the molecule is CCOC(=O)c1sc(N/N=C/c2ccc(O)cc2)nc1C.Cl. The number of benzene rings is 1. The Balaban J connectivity index is 0.00000242. The summed E-state index contributed by atoms with van der Waals surface area (Å²) < 4.78 is 4.95. The lowest BCUT2D eigenvalue weighted by molar-refractivity contribution is 0.0531. The molecule has 0 aliphatic rings. The van der Waals surface area contributed by atoms with Gasteiger partial charge in [0, 0.05) is 0 Å². The summed E-state index contributed by atoms with van der Waals surface area (Å²) in [5.41, 5.74) is 4.22. The van der Waals surface area contributed by atoms with Gasteiger partial charge in [0.15, 0.2) is 0 Å². The third-order valence-electron chi connectivity index (χ3n) is 2.52. The van der Waals surface area contributed by atoms with Crippen molar-refractivity contribution in [2.24, 2.45) is 5.10 Å². The first-order chi connectivity index (χ1) is 10.1. The molecule has 0 aliphatic carbocycles. The van der Waals surface area contributed by atoms with E-state index in [2.05, 4.69) is 15.5 Å². The number of rotatable bonds is 5. The van der Waals surface area contributed by atoms with Crippen LogP contribution in [-0.4, -0.2) is 28.9 Å². The van der Waals surface area contributed by atoms with Gasteiger partial charge in [-0.3, -0.25) is 5.43 Å². The van der Waals surface area contributed by atoms with E-state index in [0.717, 1.165) is 5.56 Å². The molecule has 118 valence electrons. The number of hydrogen-bond donors (Lipinski definition) is 2. The van der Waals surface area contributed by atoms with Crippen LogP contribution in [-0.2, 0) is 4.74 Å². The minimum absolute atomic E-state index is 0. The number of nitrogens with zero attached hydrogens (tertiary/aromatic N) is 2. The van der Waals surface area contributed by atoms with Crippen LogP contribution in [0.2, 0.25) is 0 Å². The predicted octanol–water partition coefficient (Wildman–Crippen LogP) is 3.20. The van der Waals surface area contributed by atoms with Crippen LogP contribution in [0.5, 0.6) is 5.75 Å². The van der Waals surface area contributed by atoms with Gasteiger partial charge in [-0.25, -0.2) is 9.78 Å². The summed E-state index contributed by atoms with van der Waals surface area (Å²) in [6, 6.07) is 6.62. The number of ether oxygens (including phenoxy) is 1. The molecule has 0 aliphatic heterocycles. The van der Waals surface area contributed by atoms with Gasteiger partial charge in [0.25, 0.3) is 0 Å². The molecule has 0 amide bonds. The standard InChI is InChI=1S/C14H15N3O3S.ClH/c1-3-20-13(19)12-9(2)16-14(21-12)17-15-8-10-4-6-11(18)7-5-10;/h4-8,18H,3H2,1-2H3,(H,16,17);1H/b15-8+;. The number of phenols is 1. The second-order valence-corrected chi connectivity index (χ2v) is 5.11. The monoisotopic (exact) mass is 341 g/mol. The molecular formula is C14H16ClN3O3S. The lowest BCUT2D eigenvalue weighted by atomic mass is 10.2. The third-order valence-corrected chi connectivity index (χ3v) is 3.57. The first-order valence-electron chi connectivity index (χ1n) is 6.32. The van der Waals surface area contributed by atoms with Crippen molar-refractivity contribution >= 4 is 41.1 Å². The molecule has 8 heteroatoms. The summed E-state index contributed by atoms with van der Waals surface area (Å²) >= 11 is 1.19. The van der Waals surface area contributed by atoms with Gasteiger partial charge in [0.2, 0.25) is 5.13 Å². The Morgan fingerprint density at radius 3 is 2.77 bits per heavy atom. The van der Waals surface area contributed by atoms with Crippen LogP contribution >= 0.6 is 23.7 Å². The van der Waals surface area contributed by atoms with Crippen LogP contribution in [0.25, 0.3) is 0 Å². The zero-order valence-electron chi connectivity index (χ0n) is 12.1. The molecule has 2 aromatic rings. The van der Waals surface area contributed by atoms with E-state index in [-0.39, 0.29) is 24.1 Å². The lowest BCUT2D eigenvalue weighted by Crippen LogP contribution is -2.03. The number of aromatic nitrogens is 1. The van der Waals surface area contributed by atoms with Gasteiger partial charge in [-0.05, 0) is 43.7 Å². The quantitative estimate of drug-likeness (QED) is 0.495. The Kier molecular flexibility index (Phi) is 6.81. The highest BCUT2D eigenvalue weighted by atomic mass is 35.5. The minimum atomic E-state index is -0.372. The van der Waals surface area contributed by atoms with Crippen LogP contribution in [0.3, 0.4) is 0 Å². The Morgan fingerprint density at radius 2 is 2.14 bits per heavy atom. The summed E-state index contributed by atoms with van der Waals surface area (Å²) in [5, 5.41) is 13.7. The Bertz CT molecular complexity index is 656. The number of hydrazone groups is 1. The molecule has 0 saturated heterocycles. The molecule has 1 aromatic carbocycles. The zero-order valence-corrected chi connectivity index (χ0v) is 13.7. The van der Waals surface area contributed by atoms with Crippen LogP contribution in [0.1, 0.15) is 27.9 Å². The van der Waals surface area contributed by atoms with Gasteiger partial charge in [-0.15, -0.1) is 12.4 Å². The van der Waals surface area contributed by atoms with Gasteiger partial charge in [0.1, 0.15) is 10.6 Å². The topological polar surface area (TPSA) is 83.8 Å². The number of nitrogens with one attached hydrogen (secondary N) is 1. The number of hydrogen-bond acceptors (Lipinski definition) is 7. The highest BCUT2D eigenvalue weighted by molar-refractivity contribution is 7.17. The normalized spacial score (nSPS) is 10.3. The van der Waals surface area contributed by atoms with E-state index in [1.807, 2.05) is 0 Å². The van der Waals surface area contributed by atoms with E-state index in [1.165, 1.54) is 11.3 Å². The van der Waals surface area contributed by atoms with Crippen molar-refractivity contribution in [3.05, 3.63) is 40.4 Å². The smallest absolute Gasteiger partial charge is 0.350 e. The highest BCUT2D eigenvalue weighted by Gasteiger charge is 2.15. The summed E-state index contributed by atoms with van der Waals surface area (Å²) in [4.78, 5) is 16.3. The fourth-order valence-electron chi connectivity index (χ4n) is 1.55. The van der Waals surface area contributed by atoms with Gasteiger partial charge in [-0.2, -0.15) is 5.10 Å². The van der Waals surface area contributed by atoms with E-state index in [4.69, 9.17) is 4.74 Å². The maximum atomic E-state index is 11.7. The average molecular weight is 342 g/mol. The number of aryl methyl sites for hydroxylation is 1. The largest absolute Gasteiger partial charge is 0.508 e. The molecule has 6 nitrogen and oxygen atoms in total. The lowest BCUT2D eigenvalue weighted by Gasteiger charge is -1.97. The van der Waals surface area contributed by atoms with E-state index in [9.17, 15) is 9.90 Å². The fraction of sp³-hybridized carbons (Fsp3) is 0.214. The molecule has 0 bridgehead atoms. The summed E-state index contributed by atoms with van der Waals surface area (Å²) in [7, 11) is 0. The number of thiazole rings is 1. The van der Waals surface area contributed by atoms with Crippen molar-refractivity contribution in [2.75, 3.05) is 12.0 Å². The summed E-state index contributed by atoms with van der Waals surface area (Å²) in [6.45, 7) is 3.84. The van der Waals surface area contributed by atoms with E-state index in [0.29, 0.717) is 22.3 Å². The molecule has 1 aromatic heterocycles. The first kappa shape index (κ1) is 17.9. The van der Waals surface area contributed by atoms with Crippen molar-refractivity contribution in [1.82, 2.24) is 4.98 Å². The van der Waals surface area contributed by atoms with Crippen molar-refractivity contribution in [1.29, 1.82) is 0 Å². The summed E-state index contributed by atoms with van der Waals surface area (Å²) in [6.07, 6.45) is 1.60. The second kappa shape index (κ2) is 8.35. The second-order valence-electron chi connectivity index (χ2n) is 4.12. The van der Waals surface area contributed by atoms with Crippen LogP contribution in [0, 0.1) is 6.92 Å². The molecule has 0 saturated carbocycles.